The predicted octanol–water partition coefficient (Wildman–Crippen LogP) is 3.11. The summed E-state index contributed by atoms with van der Waals surface area (Å²) in [6.45, 7) is 6.40. The molecule has 0 aliphatic heterocycles. The lowest BCUT2D eigenvalue weighted by atomic mass is 9.93. The number of carboxylic acid groups (broad SMARTS) is 1. The van der Waals surface area contributed by atoms with Gasteiger partial charge in [0.1, 0.15) is 11.3 Å². The third-order valence-electron chi connectivity index (χ3n) is 2.52. The van der Waals surface area contributed by atoms with Crippen LogP contribution in [-0.2, 0) is 0 Å². The van der Waals surface area contributed by atoms with Crippen LogP contribution in [0.5, 0.6) is 5.75 Å². The number of ether oxygens (including phenoxy) is 1. The van der Waals surface area contributed by atoms with Gasteiger partial charge in [-0.2, -0.15) is 0 Å². The number of nitro groups is 1. The van der Waals surface area contributed by atoms with Gasteiger partial charge in [0.25, 0.3) is 5.69 Å². The number of non-ortho nitro benzene ring substituents is 1. The van der Waals surface area contributed by atoms with Crippen molar-refractivity contribution in [3.8, 4) is 5.75 Å². The molecule has 104 valence electrons. The van der Waals surface area contributed by atoms with Gasteiger partial charge in [-0.25, -0.2) is 4.79 Å². The van der Waals surface area contributed by atoms with Crippen molar-refractivity contribution in [2.75, 3.05) is 6.61 Å². The van der Waals surface area contributed by atoms with Crippen LogP contribution in [-0.4, -0.2) is 22.6 Å². The van der Waals surface area contributed by atoms with Crippen LogP contribution in [0.4, 0.5) is 5.69 Å². The van der Waals surface area contributed by atoms with Gasteiger partial charge in [-0.15, -0.1) is 0 Å². The predicted molar refractivity (Wildman–Crippen MR) is 69.6 cm³/mol. The van der Waals surface area contributed by atoms with Gasteiger partial charge in [0.15, 0.2) is 0 Å². The maximum absolute atomic E-state index is 11.0. The number of nitrogens with zero attached hydrogens (tertiary/aromatic N) is 1. The smallest absolute Gasteiger partial charge is 0.339 e. The molecule has 1 aromatic rings. The van der Waals surface area contributed by atoms with Crippen LogP contribution in [0.2, 0.25) is 0 Å². The van der Waals surface area contributed by atoms with Crippen LogP contribution in [0.25, 0.3) is 0 Å². The maximum atomic E-state index is 11.0. The van der Waals surface area contributed by atoms with Crippen LogP contribution in [0.3, 0.4) is 0 Å². The molecule has 6 nitrogen and oxygen atoms in total. The molecule has 0 saturated heterocycles. The molecule has 0 aliphatic rings. The first-order valence-electron chi connectivity index (χ1n) is 5.85. The minimum absolute atomic E-state index is 0.0333. The van der Waals surface area contributed by atoms with E-state index in [4.69, 9.17) is 9.84 Å². The molecule has 0 fully saturated rings. The van der Waals surface area contributed by atoms with E-state index in [1.807, 2.05) is 20.8 Å². The minimum atomic E-state index is -1.17. The highest BCUT2D eigenvalue weighted by Gasteiger charge is 2.17. The minimum Gasteiger partial charge on any atom is -0.492 e. The monoisotopic (exact) mass is 267 g/mol. The Morgan fingerprint density at radius 1 is 1.42 bits per heavy atom. The quantitative estimate of drug-likeness (QED) is 0.654. The van der Waals surface area contributed by atoms with E-state index >= 15 is 0 Å². The lowest BCUT2D eigenvalue weighted by molar-refractivity contribution is -0.384. The fraction of sp³-hybridized carbons (Fsp3) is 0.462. The van der Waals surface area contributed by atoms with E-state index in [2.05, 4.69) is 0 Å². The standard InChI is InChI=1S/C13H17NO5/c1-13(2,3)6-7-19-11-8-9(14(17)18)4-5-10(11)12(15)16/h4-5,8H,6-7H2,1-3H3,(H,15,16). The number of carboxylic acids is 1. The van der Waals surface area contributed by atoms with Crippen molar-refractivity contribution in [1.82, 2.24) is 0 Å². The van der Waals surface area contributed by atoms with Gasteiger partial charge in [0.05, 0.1) is 17.6 Å². The second-order valence-corrected chi connectivity index (χ2v) is 5.40. The molecule has 0 atom stereocenters. The van der Waals surface area contributed by atoms with Crippen LogP contribution >= 0.6 is 0 Å². The molecule has 6 heteroatoms. The summed E-state index contributed by atoms with van der Waals surface area (Å²) < 4.78 is 5.38. The van der Waals surface area contributed by atoms with Crippen molar-refractivity contribution >= 4 is 11.7 Å². The molecule has 0 amide bonds. The van der Waals surface area contributed by atoms with E-state index < -0.39 is 10.9 Å². The number of hydrogen-bond donors (Lipinski definition) is 1. The van der Waals surface area contributed by atoms with Crippen LogP contribution < -0.4 is 4.74 Å². The van der Waals surface area contributed by atoms with Crippen LogP contribution in [0, 0.1) is 15.5 Å². The molecule has 0 spiro atoms. The number of nitro benzene ring substituents is 1. The summed E-state index contributed by atoms with van der Waals surface area (Å²) in [7, 11) is 0. The molecule has 0 saturated carbocycles. The summed E-state index contributed by atoms with van der Waals surface area (Å²) in [4.78, 5) is 21.1. The highest BCUT2D eigenvalue weighted by atomic mass is 16.6. The van der Waals surface area contributed by atoms with Crippen LogP contribution in [0.15, 0.2) is 18.2 Å². The lowest BCUT2D eigenvalue weighted by Crippen LogP contribution is -2.12. The van der Waals surface area contributed by atoms with Crippen molar-refractivity contribution in [3.63, 3.8) is 0 Å². The van der Waals surface area contributed by atoms with Crippen molar-refractivity contribution in [2.24, 2.45) is 5.41 Å². The Morgan fingerprint density at radius 3 is 2.53 bits per heavy atom. The van der Waals surface area contributed by atoms with Gasteiger partial charge in [-0.3, -0.25) is 10.1 Å². The van der Waals surface area contributed by atoms with E-state index in [1.165, 1.54) is 6.07 Å². The molecular weight excluding hydrogens is 250 g/mol. The summed E-state index contributed by atoms with van der Waals surface area (Å²) in [5.74, 6) is -1.13. The zero-order valence-electron chi connectivity index (χ0n) is 11.2. The van der Waals surface area contributed by atoms with E-state index in [0.717, 1.165) is 18.6 Å². The lowest BCUT2D eigenvalue weighted by Gasteiger charge is -2.18. The van der Waals surface area contributed by atoms with Crippen molar-refractivity contribution in [2.45, 2.75) is 27.2 Å². The summed E-state index contributed by atoms with van der Waals surface area (Å²) in [6, 6.07) is 3.49. The molecule has 1 N–H and O–H groups in total. The topological polar surface area (TPSA) is 89.7 Å². The number of hydrogen-bond acceptors (Lipinski definition) is 4. The van der Waals surface area contributed by atoms with Gasteiger partial charge in [-0.05, 0) is 17.9 Å². The van der Waals surface area contributed by atoms with Gasteiger partial charge >= 0.3 is 5.97 Å². The number of rotatable bonds is 5. The first-order chi connectivity index (χ1) is 8.70. The van der Waals surface area contributed by atoms with Gasteiger partial charge < -0.3 is 9.84 Å². The Labute approximate surface area is 111 Å². The Balaban J connectivity index is 2.92. The molecule has 0 aromatic heterocycles. The zero-order chi connectivity index (χ0) is 14.6. The Kier molecular flexibility index (Phi) is 4.47. The first kappa shape index (κ1) is 14.9. The average molecular weight is 267 g/mol. The molecular formula is C13H17NO5. The Morgan fingerprint density at radius 2 is 2.05 bits per heavy atom. The Hall–Kier alpha value is -2.11. The molecule has 1 aromatic carbocycles. The van der Waals surface area contributed by atoms with Crippen molar-refractivity contribution < 1.29 is 19.6 Å². The third kappa shape index (κ3) is 4.57. The van der Waals surface area contributed by atoms with E-state index in [9.17, 15) is 14.9 Å². The van der Waals surface area contributed by atoms with Crippen LogP contribution in [0.1, 0.15) is 37.6 Å². The van der Waals surface area contributed by atoms with E-state index in [0.29, 0.717) is 6.61 Å². The number of aromatic carboxylic acids is 1. The normalized spacial score (nSPS) is 11.1. The third-order valence-corrected chi connectivity index (χ3v) is 2.52. The SMILES string of the molecule is CC(C)(C)CCOc1cc([N+](=O)[O-])ccc1C(=O)O. The molecule has 1 rings (SSSR count). The van der Waals surface area contributed by atoms with Crippen molar-refractivity contribution in [3.05, 3.63) is 33.9 Å². The molecule has 0 heterocycles. The molecule has 19 heavy (non-hydrogen) atoms. The fourth-order valence-corrected chi connectivity index (χ4v) is 1.39. The van der Waals surface area contributed by atoms with Gasteiger partial charge in [0, 0.05) is 6.07 Å². The average Bonchev–Trinajstić information content (AvgIpc) is 2.26. The second-order valence-electron chi connectivity index (χ2n) is 5.40. The molecule has 0 unspecified atom stereocenters. The highest BCUT2D eigenvalue weighted by Crippen LogP contribution is 2.26. The van der Waals surface area contributed by atoms with Gasteiger partial charge in [0.2, 0.25) is 0 Å². The maximum Gasteiger partial charge on any atom is 0.339 e. The zero-order valence-corrected chi connectivity index (χ0v) is 11.2. The number of carbonyl (C=O) groups is 1. The van der Waals surface area contributed by atoms with E-state index in [-0.39, 0.29) is 22.4 Å². The largest absolute Gasteiger partial charge is 0.492 e. The molecule has 0 aliphatic carbocycles. The highest BCUT2D eigenvalue weighted by molar-refractivity contribution is 5.91. The molecule has 0 radical (unpaired) electrons. The summed E-state index contributed by atoms with van der Waals surface area (Å²) >= 11 is 0. The fourth-order valence-electron chi connectivity index (χ4n) is 1.39. The second kappa shape index (κ2) is 5.69. The Bertz CT molecular complexity index is 490. The summed E-state index contributed by atoms with van der Waals surface area (Å²) in [5, 5.41) is 19.7. The summed E-state index contributed by atoms with van der Waals surface area (Å²) in [5.41, 5.74) is -0.209. The first-order valence-corrected chi connectivity index (χ1v) is 5.85. The molecule has 0 bridgehead atoms. The van der Waals surface area contributed by atoms with E-state index in [1.54, 1.807) is 0 Å². The van der Waals surface area contributed by atoms with Gasteiger partial charge in [-0.1, -0.05) is 20.8 Å². The summed E-state index contributed by atoms with van der Waals surface area (Å²) in [6.07, 6.45) is 0.717. The van der Waals surface area contributed by atoms with Crippen molar-refractivity contribution in [1.29, 1.82) is 0 Å². The number of benzene rings is 1.